The summed E-state index contributed by atoms with van der Waals surface area (Å²) in [5.74, 6) is 2.43. The van der Waals surface area contributed by atoms with Crippen molar-refractivity contribution in [3.63, 3.8) is 0 Å². The molecule has 0 aliphatic heterocycles. The predicted octanol–water partition coefficient (Wildman–Crippen LogP) is 3.98. The first-order valence-electron chi connectivity index (χ1n) is 9.84. The van der Waals surface area contributed by atoms with Crippen molar-refractivity contribution in [3.8, 4) is 0 Å². The van der Waals surface area contributed by atoms with Gasteiger partial charge in [0.25, 0.3) is 0 Å². The fourth-order valence-electron chi connectivity index (χ4n) is 7.07. The van der Waals surface area contributed by atoms with E-state index < -0.39 is 0 Å². The van der Waals surface area contributed by atoms with Gasteiger partial charge in [-0.1, -0.05) is 13.8 Å². The van der Waals surface area contributed by atoms with Crippen molar-refractivity contribution in [2.24, 2.45) is 40.4 Å². The van der Waals surface area contributed by atoms with Crippen molar-refractivity contribution >= 4 is 17.3 Å². The van der Waals surface area contributed by atoms with Crippen LogP contribution in [-0.4, -0.2) is 17.3 Å². The molecule has 0 N–H and O–H groups in total. The Labute approximate surface area is 144 Å². The molecule has 0 spiro atoms. The van der Waals surface area contributed by atoms with Gasteiger partial charge in [0.05, 0.1) is 0 Å². The van der Waals surface area contributed by atoms with E-state index in [9.17, 15) is 14.4 Å². The molecule has 4 fully saturated rings. The normalized spacial score (nSPS) is 50.9. The zero-order valence-corrected chi connectivity index (χ0v) is 15.3. The monoisotopic (exact) mass is 330 g/mol. The molecule has 0 aromatic heterocycles. The van der Waals surface area contributed by atoms with Gasteiger partial charge >= 0.3 is 0 Å². The van der Waals surface area contributed by atoms with Crippen LogP contribution in [0.1, 0.15) is 72.1 Å². The summed E-state index contributed by atoms with van der Waals surface area (Å²) >= 11 is 0. The molecule has 0 heterocycles. The number of hydrogen-bond donors (Lipinski definition) is 0. The molecule has 0 bridgehead atoms. The Bertz CT molecular complexity index is 608. The van der Waals surface area contributed by atoms with E-state index in [2.05, 4.69) is 13.8 Å². The largest absolute Gasteiger partial charge is 0.300 e. The van der Waals surface area contributed by atoms with Crippen molar-refractivity contribution < 1.29 is 14.4 Å². The molecule has 7 atom stereocenters. The summed E-state index contributed by atoms with van der Waals surface area (Å²) in [4.78, 5) is 37.4. The molecular weight excluding hydrogens is 300 g/mol. The van der Waals surface area contributed by atoms with E-state index in [1.807, 2.05) is 0 Å². The molecule has 3 nitrogen and oxygen atoms in total. The highest BCUT2D eigenvalue weighted by molar-refractivity contribution is 5.90. The van der Waals surface area contributed by atoms with Crippen molar-refractivity contribution in [1.82, 2.24) is 0 Å². The minimum Gasteiger partial charge on any atom is -0.300 e. The lowest BCUT2D eigenvalue weighted by Gasteiger charge is -2.59. The summed E-state index contributed by atoms with van der Waals surface area (Å²) in [6.45, 7) is 6.21. The van der Waals surface area contributed by atoms with Crippen LogP contribution in [0.5, 0.6) is 0 Å². The first-order chi connectivity index (χ1) is 11.3. The van der Waals surface area contributed by atoms with Gasteiger partial charge in [-0.15, -0.1) is 0 Å². The minimum absolute atomic E-state index is 0.102. The molecule has 0 aromatic rings. The minimum atomic E-state index is -0.239. The second-order valence-electron chi connectivity index (χ2n) is 9.61. The van der Waals surface area contributed by atoms with Crippen LogP contribution in [0, 0.1) is 40.4 Å². The van der Waals surface area contributed by atoms with E-state index in [4.69, 9.17) is 0 Å². The molecule has 4 aliphatic rings. The van der Waals surface area contributed by atoms with Crippen molar-refractivity contribution in [2.75, 3.05) is 0 Å². The Kier molecular flexibility index (Phi) is 3.61. The average Bonchev–Trinajstić information content (AvgIpc) is 2.83. The maximum absolute atomic E-state index is 13.1. The number of carbonyl (C=O) groups is 3. The fraction of sp³-hybridized carbons (Fsp3) is 0.857. The van der Waals surface area contributed by atoms with Gasteiger partial charge in [-0.25, -0.2) is 0 Å². The lowest BCUT2D eigenvalue weighted by atomic mass is 9.44. The maximum atomic E-state index is 13.1. The molecule has 0 radical (unpaired) electrons. The number of Topliss-reactive ketones (excluding diaryl/α,β-unsaturated/α-hetero) is 3. The molecular formula is C21H30O3. The summed E-state index contributed by atoms with van der Waals surface area (Å²) in [5, 5.41) is 0. The van der Waals surface area contributed by atoms with Crippen LogP contribution >= 0.6 is 0 Å². The third kappa shape index (κ3) is 2.05. The fourth-order valence-corrected chi connectivity index (χ4v) is 7.07. The third-order valence-corrected chi connectivity index (χ3v) is 8.75. The first-order valence-corrected chi connectivity index (χ1v) is 9.84. The highest BCUT2D eigenvalue weighted by Crippen LogP contribution is 2.64. The molecule has 0 saturated heterocycles. The first kappa shape index (κ1) is 16.5. The van der Waals surface area contributed by atoms with E-state index in [-0.39, 0.29) is 28.6 Å². The number of rotatable bonds is 1. The maximum Gasteiger partial charge on any atom is 0.139 e. The lowest BCUT2D eigenvalue weighted by Crippen LogP contribution is -2.57. The van der Waals surface area contributed by atoms with E-state index in [0.29, 0.717) is 42.0 Å². The Morgan fingerprint density at radius 1 is 1.04 bits per heavy atom. The highest BCUT2D eigenvalue weighted by atomic mass is 16.1. The van der Waals surface area contributed by atoms with E-state index in [0.717, 1.165) is 38.5 Å². The third-order valence-electron chi connectivity index (χ3n) is 8.75. The van der Waals surface area contributed by atoms with Gasteiger partial charge < -0.3 is 0 Å². The summed E-state index contributed by atoms with van der Waals surface area (Å²) in [7, 11) is 0. The van der Waals surface area contributed by atoms with Gasteiger partial charge in [0, 0.05) is 30.1 Å². The standard InChI is InChI=1S/C21H30O3/c1-12(22)13-6-8-20(2)14(10-13)11-17(23)19-15-4-5-18(24)21(15,3)9-7-16(19)20/h13-16,19H,4-11H2,1-3H3/t13-,14+,15+,16-,19+,20-,21-/m0/s1. The number of fused-ring (bicyclic) bond motifs is 5. The van der Waals surface area contributed by atoms with Gasteiger partial charge in [0.15, 0.2) is 0 Å². The average molecular weight is 330 g/mol. The Morgan fingerprint density at radius 2 is 1.79 bits per heavy atom. The smallest absolute Gasteiger partial charge is 0.139 e. The summed E-state index contributed by atoms with van der Waals surface area (Å²) < 4.78 is 0. The van der Waals surface area contributed by atoms with Crippen LogP contribution in [-0.2, 0) is 14.4 Å². The van der Waals surface area contributed by atoms with Gasteiger partial charge in [-0.3, -0.25) is 14.4 Å². The zero-order chi connectivity index (χ0) is 17.3. The number of hydrogen-bond acceptors (Lipinski definition) is 3. The van der Waals surface area contributed by atoms with Crippen molar-refractivity contribution in [3.05, 3.63) is 0 Å². The van der Waals surface area contributed by atoms with Gasteiger partial charge in [0.1, 0.15) is 17.3 Å². The van der Waals surface area contributed by atoms with Crippen molar-refractivity contribution in [2.45, 2.75) is 72.1 Å². The van der Waals surface area contributed by atoms with Crippen molar-refractivity contribution in [1.29, 1.82) is 0 Å². The summed E-state index contributed by atoms with van der Waals surface area (Å²) in [5.41, 5.74) is -0.0475. The molecule has 132 valence electrons. The van der Waals surface area contributed by atoms with E-state index in [1.54, 1.807) is 6.92 Å². The molecule has 3 heteroatoms. The van der Waals surface area contributed by atoms with Gasteiger partial charge in [0.2, 0.25) is 0 Å². The quantitative estimate of drug-likeness (QED) is 0.730. The Balaban J connectivity index is 1.66. The van der Waals surface area contributed by atoms with E-state index >= 15 is 0 Å². The van der Waals surface area contributed by atoms with Gasteiger partial charge in [-0.05, 0) is 68.6 Å². The van der Waals surface area contributed by atoms with Crippen LogP contribution in [0.25, 0.3) is 0 Å². The summed E-state index contributed by atoms with van der Waals surface area (Å²) in [6.07, 6.45) is 7.18. The van der Waals surface area contributed by atoms with Crippen LogP contribution < -0.4 is 0 Å². The van der Waals surface area contributed by atoms with Crippen LogP contribution in [0.15, 0.2) is 0 Å². The van der Waals surface area contributed by atoms with E-state index in [1.165, 1.54) is 0 Å². The summed E-state index contributed by atoms with van der Waals surface area (Å²) in [6, 6.07) is 0. The number of ketones is 3. The second kappa shape index (κ2) is 5.25. The topological polar surface area (TPSA) is 51.2 Å². The van der Waals surface area contributed by atoms with Crippen LogP contribution in [0.3, 0.4) is 0 Å². The SMILES string of the molecule is CC(=O)[C@H]1CC[C@@]2(C)[C@@H](CC(=O)[C@@H]3[C@H]4CCC(=O)[C@@]4(C)CC[C@@H]32)C1. The number of carbonyl (C=O) groups excluding carboxylic acids is 3. The molecule has 0 aromatic carbocycles. The molecule has 4 rings (SSSR count). The molecule has 0 unspecified atom stereocenters. The predicted molar refractivity (Wildman–Crippen MR) is 91.3 cm³/mol. The molecule has 0 amide bonds. The zero-order valence-electron chi connectivity index (χ0n) is 15.3. The highest BCUT2D eigenvalue weighted by Gasteiger charge is 2.62. The Morgan fingerprint density at radius 3 is 2.50 bits per heavy atom. The Hall–Kier alpha value is -0.990. The lowest BCUT2D eigenvalue weighted by molar-refractivity contribution is -0.159. The van der Waals surface area contributed by atoms with Crippen LogP contribution in [0.2, 0.25) is 0 Å². The molecule has 4 saturated carbocycles. The molecule has 24 heavy (non-hydrogen) atoms. The molecule has 4 aliphatic carbocycles. The van der Waals surface area contributed by atoms with Crippen LogP contribution in [0.4, 0.5) is 0 Å². The van der Waals surface area contributed by atoms with Gasteiger partial charge in [-0.2, -0.15) is 0 Å². The second-order valence-corrected chi connectivity index (χ2v) is 9.61.